The van der Waals surface area contributed by atoms with E-state index in [4.69, 9.17) is 28.9 Å². The third-order valence-corrected chi connectivity index (χ3v) is 6.32. The molecule has 1 saturated carbocycles. The molecule has 8 heteroatoms. The topological polar surface area (TPSA) is 61.5 Å². The van der Waals surface area contributed by atoms with E-state index in [1.54, 1.807) is 0 Å². The molecule has 3 rings (SSSR count). The van der Waals surface area contributed by atoms with Crippen LogP contribution in [-0.4, -0.2) is 67.7 Å². The molecule has 2 heterocycles. The number of rotatable bonds is 5. The summed E-state index contributed by atoms with van der Waals surface area (Å²) in [5.41, 5.74) is 6.01. The Labute approximate surface area is 166 Å². The van der Waals surface area contributed by atoms with Gasteiger partial charge in [0.05, 0.1) is 0 Å². The molecule has 0 atom stereocenters. The maximum Gasteiger partial charge on any atom is 0.228 e. The van der Waals surface area contributed by atoms with Gasteiger partial charge in [-0.3, -0.25) is 4.90 Å². The van der Waals surface area contributed by atoms with Crippen molar-refractivity contribution in [2.45, 2.75) is 38.1 Å². The van der Waals surface area contributed by atoms with E-state index >= 15 is 0 Å². The number of halogens is 2. The summed E-state index contributed by atoms with van der Waals surface area (Å²) in [6.45, 7) is 5.06. The number of nitrogens with zero attached hydrogens (tertiary/aromatic N) is 5. The average molecular weight is 401 g/mol. The van der Waals surface area contributed by atoms with E-state index in [-0.39, 0.29) is 0 Å². The Hall–Kier alpha value is -0.820. The van der Waals surface area contributed by atoms with E-state index in [2.05, 4.69) is 19.8 Å². The highest BCUT2D eigenvalue weighted by molar-refractivity contribution is 6.42. The first-order chi connectivity index (χ1) is 12.4. The predicted molar refractivity (Wildman–Crippen MR) is 110 cm³/mol. The normalized spacial score (nSPS) is 24.7. The number of nitrogens with two attached hydrogens (primary N) is 1. The summed E-state index contributed by atoms with van der Waals surface area (Å²) in [4.78, 5) is 15.5. The molecule has 0 spiro atoms. The first kappa shape index (κ1) is 19.9. The zero-order valence-corrected chi connectivity index (χ0v) is 17.3. The fourth-order valence-corrected chi connectivity index (χ4v) is 4.20. The smallest absolute Gasteiger partial charge is 0.228 e. The van der Waals surface area contributed by atoms with Gasteiger partial charge >= 0.3 is 0 Å². The quantitative estimate of drug-likeness (QED) is 0.766. The van der Waals surface area contributed by atoms with Crippen LogP contribution in [0.4, 0.5) is 11.8 Å². The van der Waals surface area contributed by atoms with Crippen LogP contribution in [0.25, 0.3) is 0 Å². The lowest BCUT2D eigenvalue weighted by Gasteiger charge is -2.37. The summed E-state index contributed by atoms with van der Waals surface area (Å²) in [5, 5.41) is 0.766. The molecule has 2 fully saturated rings. The van der Waals surface area contributed by atoms with Gasteiger partial charge in [-0.2, -0.15) is 9.97 Å². The minimum Gasteiger partial charge on any atom is -0.353 e. The highest BCUT2D eigenvalue weighted by atomic mass is 35.5. The number of anilines is 2. The molecule has 1 aromatic heterocycles. The van der Waals surface area contributed by atoms with Crippen molar-refractivity contribution in [2.75, 3.05) is 56.6 Å². The van der Waals surface area contributed by atoms with Crippen LogP contribution in [0.15, 0.2) is 0 Å². The lowest BCUT2D eigenvalue weighted by atomic mass is 9.84. The monoisotopic (exact) mass is 400 g/mol. The summed E-state index contributed by atoms with van der Waals surface area (Å²) >= 11 is 12.6. The van der Waals surface area contributed by atoms with Crippen molar-refractivity contribution in [1.82, 2.24) is 14.9 Å². The van der Waals surface area contributed by atoms with Crippen LogP contribution in [0.5, 0.6) is 0 Å². The highest BCUT2D eigenvalue weighted by Gasteiger charge is 2.24. The third kappa shape index (κ3) is 4.91. The molecule has 6 nitrogen and oxygen atoms in total. The molecule has 1 aromatic rings. The predicted octanol–water partition coefficient (Wildman–Crippen LogP) is 2.88. The number of piperazine rings is 1. The fraction of sp³-hybridized carbons (Fsp3) is 0.778. The molecule has 1 aliphatic heterocycles. The third-order valence-electron chi connectivity index (χ3n) is 5.60. The molecule has 2 aliphatic rings. The van der Waals surface area contributed by atoms with E-state index in [1.165, 1.54) is 38.6 Å². The van der Waals surface area contributed by atoms with Gasteiger partial charge in [0, 0.05) is 46.3 Å². The minimum atomic E-state index is 0.318. The molecule has 1 saturated heterocycles. The maximum atomic E-state index is 6.37. The maximum absolute atomic E-state index is 6.37. The van der Waals surface area contributed by atoms with Gasteiger partial charge in [-0.15, -0.1) is 0 Å². The zero-order chi connectivity index (χ0) is 18.7. The van der Waals surface area contributed by atoms with Crippen molar-refractivity contribution in [3.63, 3.8) is 0 Å². The largest absolute Gasteiger partial charge is 0.353 e. The van der Waals surface area contributed by atoms with Gasteiger partial charge < -0.3 is 15.5 Å². The number of aromatic nitrogens is 2. The molecular formula is C18H30Cl2N6. The van der Waals surface area contributed by atoms with Crippen LogP contribution in [-0.2, 0) is 0 Å². The summed E-state index contributed by atoms with van der Waals surface area (Å²) in [7, 11) is 3.80. The highest BCUT2D eigenvalue weighted by Crippen LogP contribution is 2.32. The zero-order valence-electron chi connectivity index (χ0n) is 15.8. The van der Waals surface area contributed by atoms with Gasteiger partial charge in [-0.1, -0.05) is 23.2 Å². The summed E-state index contributed by atoms with van der Waals surface area (Å²) < 4.78 is 0. The van der Waals surface area contributed by atoms with Crippen LogP contribution in [0.3, 0.4) is 0 Å². The van der Waals surface area contributed by atoms with Crippen molar-refractivity contribution < 1.29 is 0 Å². The Morgan fingerprint density at radius 1 is 1.04 bits per heavy atom. The van der Waals surface area contributed by atoms with Gasteiger partial charge in [0.2, 0.25) is 5.95 Å². The van der Waals surface area contributed by atoms with Gasteiger partial charge in [0.25, 0.3) is 0 Å². The average Bonchev–Trinajstić information content (AvgIpc) is 2.64. The SMILES string of the molecule is CN(C)c1nc(Cl)c(Cl)c(N2CCN(CC[C@H]3CC[C@H](N)CC3)CC2)n1. The molecule has 0 radical (unpaired) electrons. The van der Waals surface area contributed by atoms with Gasteiger partial charge in [-0.05, 0) is 44.6 Å². The first-order valence-corrected chi connectivity index (χ1v) is 10.3. The molecule has 0 amide bonds. The Morgan fingerprint density at radius 2 is 1.69 bits per heavy atom. The van der Waals surface area contributed by atoms with Crippen molar-refractivity contribution >= 4 is 35.0 Å². The van der Waals surface area contributed by atoms with Gasteiger partial charge in [0.15, 0.2) is 11.0 Å². The molecule has 146 valence electrons. The molecular weight excluding hydrogens is 371 g/mol. The van der Waals surface area contributed by atoms with E-state index in [1.807, 2.05) is 19.0 Å². The van der Waals surface area contributed by atoms with Crippen LogP contribution < -0.4 is 15.5 Å². The van der Waals surface area contributed by atoms with Crippen molar-refractivity contribution in [3.8, 4) is 0 Å². The lowest BCUT2D eigenvalue weighted by molar-refractivity contribution is 0.216. The number of hydrogen-bond donors (Lipinski definition) is 1. The van der Waals surface area contributed by atoms with Crippen LogP contribution in [0.1, 0.15) is 32.1 Å². The summed E-state index contributed by atoms with van der Waals surface area (Å²) in [6, 6.07) is 0.436. The molecule has 0 unspecified atom stereocenters. The molecule has 26 heavy (non-hydrogen) atoms. The Balaban J connectivity index is 1.52. The first-order valence-electron chi connectivity index (χ1n) is 9.57. The standard InChI is InChI=1S/C18H30Cl2N6/c1-24(2)18-22-16(20)15(19)17(23-18)26-11-9-25(10-12-26)8-7-13-3-5-14(21)6-4-13/h13-14H,3-12,21H2,1-2H3/t13-,14-. The second-order valence-electron chi connectivity index (χ2n) is 7.74. The number of hydrogen-bond acceptors (Lipinski definition) is 6. The molecule has 2 N–H and O–H groups in total. The summed E-state index contributed by atoms with van der Waals surface area (Å²) in [5.74, 6) is 2.19. The minimum absolute atomic E-state index is 0.318. The van der Waals surface area contributed by atoms with Gasteiger partial charge in [-0.25, -0.2) is 0 Å². The van der Waals surface area contributed by atoms with Crippen molar-refractivity contribution in [3.05, 3.63) is 10.2 Å². The molecule has 0 bridgehead atoms. The van der Waals surface area contributed by atoms with E-state index < -0.39 is 0 Å². The Morgan fingerprint density at radius 3 is 2.31 bits per heavy atom. The van der Waals surface area contributed by atoms with E-state index in [0.29, 0.717) is 22.2 Å². The van der Waals surface area contributed by atoms with Gasteiger partial charge in [0.1, 0.15) is 5.02 Å². The van der Waals surface area contributed by atoms with Crippen molar-refractivity contribution in [2.24, 2.45) is 11.7 Å². The van der Waals surface area contributed by atoms with Crippen LogP contribution in [0.2, 0.25) is 10.2 Å². The fourth-order valence-electron chi connectivity index (χ4n) is 3.83. The summed E-state index contributed by atoms with van der Waals surface area (Å²) in [6.07, 6.45) is 6.27. The van der Waals surface area contributed by atoms with E-state index in [9.17, 15) is 0 Å². The van der Waals surface area contributed by atoms with Crippen molar-refractivity contribution in [1.29, 1.82) is 0 Å². The van der Waals surface area contributed by atoms with E-state index in [0.717, 1.165) is 37.9 Å². The molecule has 1 aliphatic carbocycles. The second-order valence-corrected chi connectivity index (χ2v) is 8.48. The Kier molecular flexibility index (Phi) is 6.83. The van der Waals surface area contributed by atoms with Crippen LogP contribution >= 0.6 is 23.2 Å². The Bertz CT molecular complexity index is 596. The molecule has 0 aromatic carbocycles. The second kappa shape index (κ2) is 8.91. The lowest BCUT2D eigenvalue weighted by Crippen LogP contribution is -2.47. The van der Waals surface area contributed by atoms with Crippen LogP contribution in [0, 0.1) is 5.92 Å².